The summed E-state index contributed by atoms with van der Waals surface area (Å²) in [5.74, 6) is -4.30. The van der Waals surface area contributed by atoms with Crippen molar-refractivity contribution in [3.63, 3.8) is 0 Å². The highest BCUT2D eigenvalue weighted by molar-refractivity contribution is 5.85. The standard InChI is InChI=1S/C14H15F2NO3.ClH/c1-8(9-2-3-11(15)12(16)6-9)13(18)17-5-4-10(7-17)14(19)20;/h2-3,6,8,10H,4-5,7H2,1H3,(H,19,20);1H. The van der Waals surface area contributed by atoms with E-state index >= 15 is 0 Å². The van der Waals surface area contributed by atoms with Gasteiger partial charge in [-0.1, -0.05) is 6.07 Å². The van der Waals surface area contributed by atoms with Crippen LogP contribution in [-0.2, 0) is 9.59 Å². The van der Waals surface area contributed by atoms with Crippen molar-refractivity contribution in [1.29, 1.82) is 0 Å². The predicted molar refractivity (Wildman–Crippen MR) is 74.3 cm³/mol. The number of nitrogens with zero attached hydrogens (tertiary/aromatic N) is 1. The molecule has 1 aromatic carbocycles. The van der Waals surface area contributed by atoms with Crippen LogP contribution < -0.4 is 0 Å². The topological polar surface area (TPSA) is 57.6 Å². The van der Waals surface area contributed by atoms with Crippen LogP contribution in [0.4, 0.5) is 8.78 Å². The predicted octanol–water partition coefficient (Wildman–Crippen LogP) is 2.42. The lowest BCUT2D eigenvalue weighted by molar-refractivity contribution is -0.141. The molecule has 1 N–H and O–H groups in total. The number of benzene rings is 1. The van der Waals surface area contributed by atoms with Crippen LogP contribution in [0.25, 0.3) is 0 Å². The molecule has 116 valence electrons. The minimum absolute atomic E-state index is 0. The van der Waals surface area contributed by atoms with Crippen LogP contribution in [0.1, 0.15) is 24.8 Å². The molecule has 1 amide bonds. The summed E-state index contributed by atoms with van der Waals surface area (Å²) in [5.41, 5.74) is 0.382. The first-order chi connectivity index (χ1) is 9.40. The third kappa shape index (κ3) is 3.69. The van der Waals surface area contributed by atoms with Gasteiger partial charge in [0.05, 0.1) is 11.8 Å². The molecule has 0 radical (unpaired) electrons. The average molecular weight is 320 g/mol. The number of aliphatic carboxylic acids is 1. The Morgan fingerprint density at radius 2 is 2.00 bits per heavy atom. The Morgan fingerprint density at radius 1 is 1.33 bits per heavy atom. The smallest absolute Gasteiger partial charge is 0.308 e. The average Bonchev–Trinajstić information content (AvgIpc) is 2.90. The van der Waals surface area contributed by atoms with Gasteiger partial charge in [-0.3, -0.25) is 9.59 Å². The molecule has 0 aromatic heterocycles. The van der Waals surface area contributed by atoms with Gasteiger partial charge in [0.25, 0.3) is 0 Å². The molecule has 0 aliphatic carbocycles. The zero-order valence-corrected chi connectivity index (χ0v) is 12.2. The zero-order valence-electron chi connectivity index (χ0n) is 11.4. The monoisotopic (exact) mass is 319 g/mol. The lowest BCUT2D eigenvalue weighted by Gasteiger charge is -2.21. The summed E-state index contributed by atoms with van der Waals surface area (Å²) in [6.07, 6.45) is 0.422. The molecule has 1 aromatic rings. The third-order valence-corrected chi connectivity index (χ3v) is 3.66. The van der Waals surface area contributed by atoms with E-state index in [1.54, 1.807) is 6.92 Å². The summed E-state index contributed by atoms with van der Waals surface area (Å²) in [4.78, 5) is 24.6. The lowest BCUT2D eigenvalue weighted by atomic mass is 9.99. The highest BCUT2D eigenvalue weighted by atomic mass is 35.5. The Morgan fingerprint density at radius 3 is 2.52 bits per heavy atom. The number of carbonyl (C=O) groups excluding carboxylic acids is 1. The Balaban J connectivity index is 0.00000220. The molecule has 4 nitrogen and oxygen atoms in total. The molecular formula is C14H16ClF2NO3. The quantitative estimate of drug-likeness (QED) is 0.931. The van der Waals surface area contributed by atoms with Crippen molar-refractivity contribution in [2.75, 3.05) is 13.1 Å². The van der Waals surface area contributed by atoms with Crippen LogP contribution in [0.15, 0.2) is 18.2 Å². The van der Waals surface area contributed by atoms with Gasteiger partial charge in [-0.15, -0.1) is 12.4 Å². The molecule has 2 atom stereocenters. The van der Waals surface area contributed by atoms with Gasteiger partial charge in [0.15, 0.2) is 11.6 Å². The fourth-order valence-corrected chi connectivity index (χ4v) is 2.36. The second-order valence-electron chi connectivity index (χ2n) is 5.00. The number of carboxylic acids is 1. The van der Waals surface area contributed by atoms with Crippen LogP contribution in [0.5, 0.6) is 0 Å². The molecule has 1 fully saturated rings. The fourth-order valence-electron chi connectivity index (χ4n) is 2.36. The first-order valence-electron chi connectivity index (χ1n) is 6.36. The number of rotatable bonds is 3. The molecule has 21 heavy (non-hydrogen) atoms. The lowest BCUT2D eigenvalue weighted by Crippen LogP contribution is -2.33. The van der Waals surface area contributed by atoms with Crippen molar-refractivity contribution in [2.24, 2.45) is 5.92 Å². The summed E-state index contributed by atoms with van der Waals surface area (Å²) >= 11 is 0. The number of amides is 1. The van der Waals surface area contributed by atoms with E-state index in [9.17, 15) is 18.4 Å². The van der Waals surface area contributed by atoms with Gasteiger partial charge in [-0.05, 0) is 31.0 Å². The number of hydrogen-bond acceptors (Lipinski definition) is 2. The number of carbonyl (C=O) groups is 2. The maximum atomic E-state index is 13.2. The van der Waals surface area contributed by atoms with Crippen molar-refractivity contribution >= 4 is 24.3 Å². The molecule has 7 heteroatoms. The molecular weight excluding hydrogens is 304 g/mol. The molecule has 0 saturated carbocycles. The van der Waals surface area contributed by atoms with E-state index in [0.717, 1.165) is 12.1 Å². The van der Waals surface area contributed by atoms with E-state index in [1.807, 2.05) is 0 Å². The SMILES string of the molecule is CC(C(=O)N1CCC(C(=O)O)C1)c1ccc(F)c(F)c1.Cl. The maximum Gasteiger partial charge on any atom is 0.308 e. The minimum atomic E-state index is -0.994. The van der Waals surface area contributed by atoms with Gasteiger partial charge < -0.3 is 10.0 Å². The van der Waals surface area contributed by atoms with E-state index in [0.29, 0.717) is 18.5 Å². The van der Waals surface area contributed by atoms with E-state index in [2.05, 4.69) is 0 Å². The van der Waals surface area contributed by atoms with Gasteiger partial charge in [-0.25, -0.2) is 8.78 Å². The number of hydrogen-bond donors (Lipinski definition) is 1. The summed E-state index contributed by atoms with van der Waals surface area (Å²) in [6.45, 7) is 2.15. The first kappa shape index (κ1) is 17.4. The van der Waals surface area contributed by atoms with Gasteiger partial charge in [0.1, 0.15) is 0 Å². The Labute approximate surface area is 127 Å². The maximum absolute atomic E-state index is 13.2. The van der Waals surface area contributed by atoms with Crippen molar-refractivity contribution in [2.45, 2.75) is 19.3 Å². The van der Waals surface area contributed by atoms with E-state index in [4.69, 9.17) is 5.11 Å². The summed E-state index contributed by atoms with van der Waals surface area (Å²) in [7, 11) is 0. The van der Waals surface area contributed by atoms with Crippen LogP contribution in [0, 0.1) is 17.6 Å². The number of likely N-dealkylation sites (tertiary alicyclic amines) is 1. The molecule has 1 aliphatic rings. The molecule has 1 heterocycles. The number of halogens is 3. The van der Waals surface area contributed by atoms with Crippen LogP contribution in [0.3, 0.4) is 0 Å². The highest BCUT2D eigenvalue weighted by Gasteiger charge is 2.33. The van der Waals surface area contributed by atoms with Crippen LogP contribution >= 0.6 is 12.4 Å². The summed E-state index contributed by atoms with van der Waals surface area (Å²) in [6, 6.07) is 3.35. The van der Waals surface area contributed by atoms with Gasteiger partial charge in [-0.2, -0.15) is 0 Å². The molecule has 0 spiro atoms. The molecule has 2 rings (SSSR count). The second-order valence-corrected chi connectivity index (χ2v) is 5.00. The van der Waals surface area contributed by atoms with E-state index < -0.39 is 29.4 Å². The van der Waals surface area contributed by atoms with Crippen molar-refractivity contribution < 1.29 is 23.5 Å². The molecule has 0 bridgehead atoms. The second kappa shape index (κ2) is 6.85. The molecule has 2 unspecified atom stereocenters. The Kier molecular flexibility index (Phi) is 5.66. The summed E-state index contributed by atoms with van der Waals surface area (Å²) < 4.78 is 26.0. The van der Waals surface area contributed by atoms with E-state index in [-0.39, 0.29) is 24.9 Å². The minimum Gasteiger partial charge on any atom is -0.481 e. The van der Waals surface area contributed by atoms with Crippen molar-refractivity contribution in [3.05, 3.63) is 35.4 Å². The molecule has 1 saturated heterocycles. The van der Waals surface area contributed by atoms with Gasteiger partial charge in [0.2, 0.25) is 5.91 Å². The van der Waals surface area contributed by atoms with Crippen LogP contribution in [-0.4, -0.2) is 35.0 Å². The fraction of sp³-hybridized carbons (Fsp3) is 0.429. The number of carboxylic acid groups (broad SMARTS) is 1. The van der Waals surface area contributed by atoms with Gasteiger partial charge >= 0.3 is 5.97 Å². The Hall–Kier alpha value is -1.69. The molecule has 1 aliphatic heterocycles. The Bertz CT molecular complexity index is 553. The van der Waals surface area contributed by atoms with Crippen molar-refractivity contribution in [3.8, 4) is 0 Å². The highest BCUT2D eigenvalue weighted by Crippen LogP contribution is 2.24. The van der Waals surface area contributed by atoms with E-state index in [1.165, 1.54) is 11.0 Å². The summed E-state index contributed by atoms with van der Waals surface area (Å²) in [5, 5.41) is 8.91. The van der Waals surface area contributed by atoms with Gasteiger partial charge in [0, 0.05) is 13.1 Å². The van der Waals surface area contributed by atoms with Crippen LogP contribution in [0.2, 0.25) is 0 Å². The zero-order chi connectivity index (χ0) is 14.9. The normalized spacial score (nSPS) is 19.0. The van der Waals surface area contributed by atoms with Crippen molar-refractivity contribution in [1.82, 2.24) is 4.90 Å². The first-order valence-corrected chi connectivity index (χ1v) is 6.36. The largest absolute Gasteiger partial charge is 0.481 e. The third-order valence-electron chi connectivity index (χ3n) is 3.66.